The van der Waals surface area contributed by atoms with Crippen molar-refractivity contribution < 1.29 is 22.9 Å². The maximum atomic E-state index is 12.8. The molecule has 1 heterocycles. The van der Waals surface area contributed by atoms with E-state index in [1.54, 1.807) is 30.0 Å². The van der Waals surface area contributed by atoms with Crippen LogP contribution in [0.15, 0.2) is 71.8 Å². The van der Waals surface area contributed by atoms with Gasteiger partial charge in [0.1, 0.15) is 6.04 Å². The SMILES string of the molecule is C=Cc1ccc(S(=O)(=O)NC(=O)[C@@H]2CCCN2/C(C)=C\C(=O)c2ccc([N+](=O)[O-])cc2)cc1. The van der Waals surface area contributed by atoms with Gasteiger partial charge in [-0.3, -0.25) is 19.7 Å². The van der Waals surface area contributed by atoms with Crippen molar-refractivity contribution in [3.8, 4) is 0 Å². The lowest BCUT2D eigenvalue weighted by atomic mass is 10.1. The minimum absolute atomic E-state index is 0.0355. The first kappa shape index (κ1) is 23.9. The third-order valence-electron chi connectivity index (χ3n) is 5.37. The van der Waals surface area contributed by atoms with E-state index in [1.165, 1.54) is 42.5 Å². The number of carbonyl (C=O) groups is 2. The van der Waals surface area contributed by atoms with Crippen molar-refractivity contribution in [3.63, 3.8) is 0 Å². The number of nitrogens with zero attached hydrogens (tertiary/aromatic N) is 2. The molecule has 1 aliphatic heterocycles. The number of ketones is 1. The van der Waals surface area contributed by atoms with Crippen molar-refractivity contribution >= 4 is 33.5 Å². The first-order chi connectivity index (χ1) is 15.6. The summed E-state index contributed by atoms with van der Waals surface area (Å²) in [7, 11) is -4.05. The van der Waals surface area contributed by atoms with Gasteiger partial charge in [0.2, 0.25) is 0 Å². The lowest BCUT2D eigenvalue weighted by Crippen LogP contribution is -2.44. The average Bonchev–Trinajstić information content (AvgIpc) is 3.29. The second-order valence-corrected chi connectivity index (χ2v) is 9.23. The van der Waals surface area contributed by atoms with Gasteiger partial charge in [-0.1, -0.05) is 24.8 Å². The van der Waals surface area contributed by atoms with Gasteiger partial charge < -0.3 is 4.90 Å². The van der Waals surface area contributed by atoms with Crippen molar-refractivity contribution in [2.75, 3.05) is 6.54 Å². The molecule has 1 amide bonds. The number of hydrogen-bond donors (Lipinski definition) is 1. The van der Waals surface area contributed by atoms with Crippen LogP contribution in [0.2, 0.25) is 0 Å². The molecule has 2 aromatic rings. The Hall–Kier alpha value is -3.79. The molecule has 1 N–H and O–H groups in total. The molecule has 0 bridgehead atoms. The minimum atomic E-state index is -4.05. The van der Waals surface area contributed by atoms with Gasteiger partial charge in [-0.15, -0.1) is 0 Å². The summed E-state index contributed by atoms with van der Waals surface area (Å²) >= 11 is 0. The third kappa shape index (κ3) is 5.53. The fourth-order valence-corrected chi connectivity index (χ4v) is 4.62. The van der Waals surface area contributed by atoms with Crippen molar-refractivity contribution in [1.82, 2.24) is 9.62 Å². The molecule has 9 nitrogen and oxygen atoms in total. The number of amides is 1. The number of benzene rings is 2. The van der Waals surface area contributed by atoms with Crippen molar-refractivity contribution in [2.45, 2.75) is 30.7 Å². The quantitative estimate of drug-likeness (QED) is 0.272. The monoisotopic (exact) mass is 469 g/mol. The number of carbonyl (C=O) groups excluding carboxylic acids is 2. The highest BCUT2D eigenvalue weighted by Gasteiger charge is 2.33. The Bertz CT molecular complexity index is 1220. The maximum absolute atomic E-state index is 12.8. The van der Waals surface area contributed by atoms with Crippen LogP contribution in [0.25, 0.3) is 6.08 Å². The van der Waals surface area contributed by atoms with E-state index < -0.39 is 26.9 Å². The second kappa shape index (κ2) is 9.78. The molecule has 0 unspecified atom stereocenters. The van der Waals surface area contributed by atoms with E-state index in [4.69, 9.17) is 0 Å². The summed E-state index contributed by atoms with van der Waals surface area (Å²) in [4.78, 5) is 37.2. The summed E-state index contributed by atoms with van der Waals surface area (Å²) in [6.07, 6.45) is 4.02. The van der Waals surface area contributed by atoms with Gasteiger partial charge in [-0.2, -0.15) is 0 Å². The molecule has 33 heavy (non-hydrogen) atoms. The molecular weight excluding hydrogens is 446 g/mol. The highest BCUT2D eigenvalue weighted by Crippen LogP contribution is 2.24. The number of likely N-dealkylation sites (tertiary alicyclic amines) is 1. The van der Waals surface area contributed by atoms with Gasteiger partial charge in [-0.05, 0) is 49.6 Å². The third-order valence-corrected chi connectivity index (χ3v) is 6.73. The number of hydrogen-bond acceptors (Lipinski definition) is 7. The molecule has 0 aliphatic carbocycles. The zero-order valence-electron chi connectivity index (χ0n) is 17.9. The summed E-state index contributed by atoms with van der Waals surface area (Å²) in [5.41, 5.74) is 1.40. The van der Waals surface area contributed by atoms with Crippen LogP contribution in [0.5, 0.6) is 0 Å². The Labute approximate surface area is 191 Å². The molecule has 10 heteroatoms. The fourth-order valence-electron chi connectivity index (χ4n) is 3.61. The maximum Gasteiger partial charge on any atom is 0.269 e. The molecule has 0 saturated carbocycles. The average molecular weight is 470 g/mol. The number of nitro groups is 1. The first-order valence-electron chi connectivity index (χ1n) is 10.2. The molecule has 1 fully saturated rings. The molecule has 172 valence electrons. The van der Waals surface area contributed by atoms with Gasteiger partial charge in [-0.25, -0.2) is 13.1 Å². The number of rotatable bonds is 8. The van der Waals surface area contributed by atoms with Crippen LogP contribution in [-0.4, -0.2) is 42.5 Å². The zero-order valence-corrected chi connectivity index (χ0v) is 18.7. The van der Waals surface area contributed by atoms with Crippen LogP contribution >= 0.6 is 0 Å². The van der Waals surface area contributed by atoms with E-state index in [9.17, 15) is 28.1 Å². The molecule has 0 aromatic heterocycles. The predicted octanol–water partition coefficient (Wildman–Crippen LogP) is 3.29. The molecule has 3 rings (SSSR count). The lowest BCUT2D eigenvalue weighted by molar-refractivity contribution is -0.384. The highest BCUT2D eigenvalue weighted by molar-refractivity contribution is 7.90. The summed E-state index contributed by atoms with van der Waals surface area (Å²) in [6.45, 7) is 5.77. The van der Waals surface area contributed by atoms with E-state index in [0.717, 1.165) is 5.56 Å². The summed E-state index contributed by atoms with van der Waals surface area (Å²) in [5.74, 6) is -1.04. The van der Waals surface area contributed by atoms with Gasteiger partial charge in [0.15, 0.2) is 5.78 Å². The van der Waals surface area contributed by atoms with Crippen LogP contribution in [0, 0.1) is 10.1 Å². The van der Waals surface area contributed by atoms with Gasteiger partial charge >= 0.3 is 0 Å². The van der Waals surface area contributed by atoms with Gasteiger partial charge in [0.05, 0.1) is 9.82 Å². The number of non-ortho nitro benzene ring substituents is 1. The minimum Gasteiger partial charge on any atom is -0.363 e. The molecule has 1 saturated heterocycles. The van der Waals surface area contributed by atoms with E-state index in [0.29, 0.717) is 25.1 Å². The molecular formula is C23H23N3O6S. The normalized spacial score (nSPS) is 16.3. The predicted molar refractivity (Wildman–Crippen MR) is 123 cm³/mol. The second-order valence-electron chi connectivity index (χ2n) is 7.55. The summed E-state index contributed by atoms with van der Waals surface area (Å²) in [5, 5.41) is 10.8. The van der Waals surface area contributed by atoms with E-state index in [-0.39, 0.29) is 21.9 Å². The first-order valence-corrected chi connectivity index (χ1v) is 11.6. The van der Waals surface area contributed by atoms with E-state index >= 15 is 0 Å². The Morgan fingerprint density at radius 2 is 1.79 bits per heavy atom. The fraction of sp³-hybridized carbons (Fsp3) is 0.217. The molecule has 0 spiro atoms. The van der Waals surface area contributed by atoms with E-state index in [2.05, 4.69) is 11.3 Å². The Morgan fingerprint density at radius 1 is 1.15 bits per heavy atom. The smallest absolute Gasteiger partial charge is 0.269 e. The summed E-state index contributed by atoms with van der Waals surface area (Å²) < 4.78 is 27.4. The zero-order chi connectivity index (χ0) is 24.2. The topological polar surface area (TPSA) is 127 Å². The van der Waals surface area contributed by atoms with Crippen molar-refractivity contribution in [1.29, 1.82) is 0 Å². The van der Waals surface area contributed by atoms with Crippen LogP contribution in [0.3, 0.4) is 0 Å². The van der Waals surface area contributed by atoms with Crippen molar-refractivity contribution in [3.05, 3.63) is 88.1 Å². The Kier molecular flexibility index (Phi) is 7.07. The van der Waals surface area contributed by atoms with Crippen LogP contribution in [-0.2, 0) is 14.8 Å². The Morgan fingerprint density at radius 3 is 2.36 bits per heavy atom. The highest BCUT2D eigenvalue weighted by atomic mass is 32.2. The van der Waals surface area contributed by atoms with Crippen LogP contribution < -0.4 is 4.72 Å². The number of nitrogens with one attached hydrogen (secondary N) is 1. The van der Waals surface area contributed by atoms with Crippen molar-refractivity contribution in [2.24, 2.45) is 0 Å². The van der Waals surface area contributed by atoms with Gasteiger partial charge in [0.25, 0.3) is 21.6 Å². The molecule has 0 radical (unpaired) electrons. The Balaban J connectivity index is 1.73. The van der Waals surface area contributed by atoms with E-state index in [1.807, 2.05) is 0 Å². The van der Waals surface area contributed by atoms with Crippen LogP contribution in [0.1, 0.15) is 35.7 Å². The number of sulfonamides is 1. The summed E-state index contributed by atoms with van der Waals surface area (Å²) in [6, 6.07) is 10.4. The largest absolute Gasteiger partial charge is 0.363 e. The number of nitro benzene ring substituents is 1. The lowest BCUT2D eigenvalue weighted by Gasteiger charge is -2.26. The standard InChI is InChI=1S/C23H23N3O6S/c1-3-17-6-12-20(13-7-17)33(31,32)24-23(28)21-5-4-14-25(21)16(2)15-22(27)18-8-10-19(11-9-18)26(29)30/h3,6-13,15,21H,1,4-5,14H2,2H3,(H,24,28)/b16-15-/t21-/m0/s1. The molecule has 1 atom stereocenters. The molecule has 1 aliphatic rings. The molecule has 2 aromatic carbocycles. The van der Waals surface area contributed by atoms with Gasteiger partial charge in [0, 0.05) is 36.0 Å². The van der Waals surface area contributed by atoms with Crippen LogP contribution in [0.4, 0.5) is 5.69 Å². The number of allylic oxidation sites excluding steroid dienone is 2.